The average molecular weight is 397 g/mol. The Hall–Kier alpha value is -2.67. The van der Waals surface area contributed by atoms with Crippen LogP contribution in [0.4, 0.5) is 5.13 Å². The van der Waals surface area contributed by atoms with Gasteiger partial charge >= 0.3 is 0 Å². The van der Waals surface area contributed by atoms with Crippen molar-refractivity contribution in [3.63, 3.8) is 0 Å². The number of amides is 1. The molecule has 6 nitrogen and oxygen atoms in total. The second-order valence-electron chi connectivity index (χ2n) is 7.45. The van der Waals surface area contributed by atoms with Crippen molar-refractivity contribution in [2.45, 2.75) is 45.6 Å². The molecule has 28 heavy (non-hydrogen) atoms. The number of hydrogen-bond acceptors (Lipinski definition) is 5. The van der Waals surface area contributed by atoms with Crippen LogP contribution in [0.3, 0.4) is 0 Å². The second-order valence-corrected chi connectivity index (χ2v) is 8.31. The van der Waals surface area contributed by atoms with E-state index in [1.807, 2.05) is 35.2 Å². The number of aromatic nitrogens is 3. The molecule has 0 aliphatic heterocycles. The Morgan fingerprint density at radius 2 is 2.14 bits per heavy atom. The Bertz CT molecular complexity index is 1020. The Balaban J connectivity index is 1.59. The Labute approximate surface area is 168 Å². The summed E-state index contributed by atoms with van der Waals surface area (Å²) in [6, 6.07) is 6.21. The molecule has 2 aromatic heterocycles. The second kappa shape index (κ2) is 7.39. The summed E-state index contributed by atoms with van der Waals surface area (Å²) < 4.78 is 7.42. The molecule has 1 amide bonds. The normalized spacial score (nSPS) is 13.8. The molecule has 1 fully saturated rings. The molecule has 0 spiro atoms. The quantitative estimate of drug-likeness (QED) is 0.634. The lowest BCUT2D eigenvalue weighted by atomic mass is 10.1. The van der Waals surface area contributed by atoms with Gasteiger partial charge in [0.05, 0.1) is 30.3 Å². The van der Waals surface area contributed by atoms with Gasteiger partial charge in [-0.1, -0.05) is 11.6 Å². The van der Waals surface area contributed by atoms with Crippen LogP contribution >= 0.6 is 11.3 Å². The number of carbonyl (C=O) groups is 1. The third-order valence-electron chi connectivity index (χ3n) is 4.89. The molecule has 1 aliphatic carbocycles. The van der Waals surface area contributed by atoms with Gasteiger partial charge in [-0.05, 0) is 45.7 Å². The van der Waals surface area contributed by atoms with Crippen molar-refractivity contribution in [2.75, 3.05) is 12.4 Å². The number of carbonyl (C=O) groups excluding carboxylic acids is 1. The highest BCUT2D eigenvalue weighted by atomic mass is 32.1. The summed E-state index contributed by atoms with van der Waals surface area (Å²) >= 11 is 1.41. The number of aryl methyl sites for hydroxylation is 1. The molecular formula is C21H24N4O2S. The molecule has 4 rings (SSSR count). The number of rotatable bonds is 6. The number of thiazole rings is 1. The van der Waals surface area contributed by atoms with E-state index in [0.717, 1.165) is 41.1 Å². The Morgan fingerprint density at radius 3 is 2.82 bits per heavy atom. The fraction of sp³-hybridized carbons (Fsp3) is 0.381. The van der Waals surface area contributed by atoms with Crippen LogP contribution in [0.25, 0.3) is 11.3 Å². The number of anilines is 1. The van der Waals surface area contributed by atoms with Crippen molar-refractivity contribution >= 4 is 22.4 Å². The van der Waals surface area contributed by atoms with Gasteiger partial charge in [-0.25, -0.2) is 4.98 Å². The zero-order valence-corrected chi connectivity index (χ0v) is 17.3. The third kappa shape index (κ3) is 3.54. The minimum atomic E-state index is -0.147. The van der Waals surface area contributed by atoms with E-state index < -0.39 is 0 Å². The summed E-state index contributed by atoms with van der Waals surface area (Å²) in [5, 5.41) is 9.91. The van der Waals surface area contributed by atoms with Crippen LogP contribution in [0.5, 0.6) is 5.75 Å². The van der Waals surface area contributed by atoms with Crippen LogP contribution in [-0.2, 0) is 0 Å². The van der Waals surface area contributed by atoms with Gasteiger partial charge in [0.25, 0.3) is 5.91 Å². The van der Waals surface area contributed by atoms with Gasteiger partial charge in [-0.3, -0.25) is 14.8 Å². The highest BCUT2D eigenvalue weighted by Crippen LogP contribution is 2.42. The molecular weight excluding hydrogens is 372 g/mol. The summed E-state index contributed by atoms with van der Waals surface area (Å²) in [6.45, 7) is 6.20. The predicted molar refractivity (Wildman–Crippen MR) is 111 cm³/mol. The molecule has 1 saturated carbocycles. The first-order chi connectivity index (χ1) is 13.5. The maximum atomic E-state index is 12.9. The van der Waals surface area contributed by atoms with Gasteiger partial charge < -0.3 is 4.74 Å². The number of nitrogens with one attached hydrogen (secondary N) is 1. The van der Waals surface area contributed by atoms with Crippen LogP contribution in [0, 0.1) is 6.92 Å². The van der Waals surface area contributed by atoms with E-state index in [0.29, 0.717) is 16.6 Å². The number of methoxy groups -OCH3 is 1. The lowest BCUT2D eigenvalue weighted by Gasteiger charge is -2.11. The molecule has 146 valence electrons. The first-order valence-corrected chi connectivity index (χ1v) is 10.3. The number of ether oxygens (including phenoxy) is 1. The fourth-order valence-electron chi connectivity index (χ4n) is 3.36. The molecule has 7 heteroatoms. The summed E-state index contributed by atoms with van der Waals surface area (Å²) in [4.78, 5) is 17.5. The van der Waals surface area contributed by atoms with E-state index in [2.05, 4.69) is 29.2 Å². The maximum Gasteiger partial charge on any atom is 0.260 e. The van der Waals surface area contributed by atoms with Crippen molar-refractivity contribution in [1.29, 1.82) is 0 Å². The van der Waals surface area contributed by atoms with E-state index in [4.69, 9.17) is 4.74 Å². The predicted octanol–water partition coefficient (Wildman–Crippen LogP) is 5.03. The molecule has 3 aromatic rings. The van der Waals surface area contributed by atoms with E-state index in [1.54, 1.807) is 13.3 Å². The number of hydrogen-bond donors (Lipinski definition) is 1. The summed E-state index contributed by atoms with van der Waals surface area (Å²) in [5.41, 5.74) is 4.54. The monoisotopic (exact) mass is 396 g/mol. The molecule has 0 radical (unpaired) electrons. The molecule has 0 saturated heterocycles. The minimum Gasteiger partial charge on any atom is -0.496 e. The standard InChI is InChI=1S/C21H24N4O2S/c1-12(2)25-19(14-6-7-14)16(10-22-25)20(26)24-21-23-17(11-28-21)15-9-13(3)5-8-18(15)27-4/h5,8-12,14H,6-7H2,1-4H3,(H,23,24,26). The lowest BCUT2D eigenvalue weighted by Crippen LogP contribution is -2.15. The van der Waals surface area contributed by atoms with Crippen LogP contribution in [-0.4, -0.2) is 27.8 Å². The molecule has 1 N–H and O–H groups in total. The van der Waals surface area contributed by atoms with Gasteiger partial charge in [0, 0.05) is 22.9 Å². The van der Waals surface area contributed by atoms with Crippen molar-refractivity contribution in [3.8, 4) is 17.0 Å². The summed E-state index contributed by atoms with van der Waals surface area (Å²) in [5.74, 6) is 1.06. The zero-order chi connectivity index (χ0) is 19.8. The van der Waals surface area contributed by atoms with Crippen molar-refractivity contribution in [2.24, 2.45) is 0 Å². The van der Waals surface area contributed by atoms with Gasteiger partial charge in [0.1, 0.15) is 5.75 Å². The fourth-order valence-corrected chi connectivity index (χ4v) is 4.07. The van der Waals surface area contributed by atoms with Crippen LogP contribution < -0.4 is 10.1 Å². The van der Waals surface area contributed by atoms with Crippen molar-refractivity contribution in [1.82, 2.24) is 14.8 Å². The Kier molecular flexibility index (Phi) is 4.93. The topological polar surface area (TPSA) is 69.0 Å². The van der Waals surface area contributed by atoms with Gasteiger partial charge in [-0.15, -0.1) is 11.3 Å². The first-order valence-electron chi connectivity index (χ1n) is 9.47. The summed E-state index contributed by atoms with van der Waals surface area (Å²) in [6.07, 6.45) is 3.92. The molecule has 0 atom stereocenters. The van der Waals surface area contributed by atoms with E-state index in [1.165, 1.54) is 11.3 Å². The average Bonchev–Trinajstić information content (AvgIpc) is 3.23. The molecule has 1 aromatic carbocycles. The minimum absolute atomic E-state index is 0.147. The van der Waals surface area contributed by atoms with Crippen LogP contribution in [0.1, 0.15) is 60.3 Å². The molecule has 0 bridgehead atoms. The summed E-state index contributed by atoms with van der Waals surface area (Å²) in [7, 11) is 1.65. The maximum absolute atomic E-state index is 12.9. The highest BCUT2D eigenvalue weighted by Gasteiger charge is 2.33. The third-order valence-corrected chi connectivity index (χ3v) is 5.65. The first kappa shape index (κ1) is 18.7. The van der Waals surface area contributed by atoms with Crippen LogP contribution in [0.2, 0.25) is 0 Å². The van der Waals surface area contributed by atoms with E-state index in [-0.39, 0.29) is 11.9 Å². The van der Waals surface area contributed by atoms with Crippen LogP contribution in [0.15, 0.2) is 29.8 Å². The van der Waals surface area contributed by atoms with Gasteiger partial charge in [0.2, 0.25) is 0 Å². The van der Waals surface area contributed by atoms with E-state index >= 15 is 0 Å². The SMILES string of the molecule is COc1ccc(C)cc1-c1csc(NC(=O)c2cnn(C(C)C)c2C2CC2)n1. The molecule has 0 unspecified atom stereocenters. The van der Waals surface area contributed by atoms with Crippen molar-refractivity contribution in [3.05, 3.63) is 46.6 Å². The lowest BCUT2D eigenvalue weighted by molar-refractivity contribution is 0.102. The van der Waals surface area contributed by atoms with Gasteiger partial charge in [0.15, 0.2) is 5.13 Å². The number of nitrogens with zero attached hydrogens (tertiary/aromatic N) is 3. The largest absolute Gasteiger partial charge is 0.496 e. The Morgan fingerprint density at radius 1 is 1.36 bits per heavy atom. The molecule has 1 aliphatic rings. The number of benzene rings is 1. The van der Waals surface area contributed by atoms with E-state index in [9.17, 15) is 4.79 Å². The molecule has 2 heterocycles. The zero-order valence-electron chi connectivity index (χ0n) is 16.5. The van der Waals surface area contributed by atoms with Gasteiger partial charge in [-0.2, -0.15) is 5.10 Å². The van der Waals surface area contributed by atoms with Crippen molar-refractivity contribution < 1.29 is 9.53 Å². The highest BCUT2D eigenvalue weighted by molar-refractivity contribution is 7.14. The smallest absolute Gasteiger partial charge is 0.260 e.